The molecular formula is C17H16N4O2. The summed E-state index contributed by atoms with van der Waals surface area (Å²) < 4.78 is 5.50. The third kappa shape index (κ3) is 3.32. The number of hydrogen-bond donors (Lipinski definition) is 3. The average Bonchev–Trinajstić information content (AvgIpc) is 2.87. The lowest BCUT2D eigenvalue weighted by molar-refractivity contribution is 0.0976. The van der Waals surface area contributed by atoms with Crippen LogP contribution in [0, 0.1) is 6.92 Å². The molecule has 0 saturated heterocycles. The number of furan rings is 1. The molecule has 6 heteroatoms. The lowest BCUT2D eigenvalue weighted by Gasteiger charge is -2.05. The van der Waals surface area contributed by atoms with Crippen molar-refractivity contribution >= 4 is 34.2 Å². The number of nitrogens with zero attached hydrogens (tertiary/aromatic N) is 1. The van der Waals surface area contributed by atoms with Gasteiger partial charge < -0.3 is 15.9 Å². The fourth-order valence-electron chi connectivity index (χ4n) is 2.22. The highest BCUT2D eigenvalue weighted by Gasteiger charge is 2.07. The van der Waals surface area contributed by atoms with Crippen molar-refractivity contribution in [1.82, 2.24) is 5.32 Å². The molecule has 3 aromatic rings. The highest BCUT2D eigenvalue weighted by atomic mass is 16.3. The summed E-state index contributed by atoms with van der Waals surface area (Å²) in [5.41, 5.74) is 13.8. The van der Waals surface area contributed by atoms with E-state index < -0.39 is 0 Å². The second-order valence-electron chi connectivity index (χ2n) is 5.15. The van der Waals surface area contributed by atoms with Gasteiger partial charge >= 0.3 is 0 Å². The molecular weight excluding hydrogens is 292 g/mol. The van der Waals surface area contributed by atoms with Crippen LogP contribution in [0.3, 0.4) is 0 Å². The number of hydrogen-bond acceptors (Lipinski definition) is 4. The number of carbonyl (C=O) groups excluding carboxylic acids is 1. The molecule has 3 rings (SSSR count). The van der Waals surface area contributed by atoms with E-state index in [0.717, 1.165) is 16.7 Å². The van der Waals surface area contributed by atoms with E-state index in [-0.39, 0.29) is 11.9 Å². The predicted octanol–water partition coefficient (Wildman–Crippen LogP) is 2.70. The minimum Gasteiger partial charge on any atom is -0.461 e. The van der Waals surface area contributed by atoms with Gasteiger partial charge in [-0.1, -0.05) is 0 Å². The Morgan fingerprint density at radius 1 is 1.13 bits per heavy atom. The molecule has 116 valence electrons. The van der Waals surface area contributed by atoms with Crippen LogP contribution in [-0.4, -0.2) is 11.9 Å². The van der Waals surface area contributed by atoms with Crippen molar-refractivity contribution in [3.63, 3.8) is 0 Å². The first kappa shape index (κ1) is 14.6. The first-order chi connectivity index (χ1) is 11.0. The molecule has 1 aromatic heterocycles. The molecule has 0 unspecified atom stereocenters. The summed E-state index contributed by atoms with van der Waals surface area (Å²) in [5.74, 6) is 0.503. The summed E-state index contributed by atoms with van der Waals surface area (Å²) in [5, 5.41) is 3.47. The van der Waals surface area contributed by atoms with Crippen LogP contribution in [0.5, 0.6) is 0 Å². The Morgan fingerprint density at radius 3 is 2.61 bits per heavy atom. The van der Waals surface area contributed by atoms with Crippen molar-refractivity contribution in [3.05, 3.63) is 59.9 Å². The molecule has 5 N–H and O–H groups in total. The molecule has 0 aliphatic rings. The molecule has 0 fully saturated rings. The molecule has 0 atom stereocenters. The van der Waals surface area contributed by atoms with Crippen molar-refractivity contribution in [2.24, 2.45) is 10.7 Å². The van der Waals surface area contributed by atoms with E-state index in [1.807, 2.05) is 25.1 Å². The van der Waals surface area contributed by atoms with E-state index in [1.165, 1.54) is 0 Å². The Labute approximate surface area is 132 Å². The zero-order chi connectivity index (χ0) is 16.4. The quantitative estimate of drug-likeness (QED) is 0.384. The molecule has 1 heterocycles. The summed E-state index contributed by atoms with van der Waals surface area (Å²) >= 11 is 0. The Kier molecular flexibility index (Phi) is 3.72. The van der Waals surface area contributed by atoms with Gasteiger partial charge in [-0.2, -0.15) is 0 Å². The normalized spacial score (nSPS) is 11.6. The van der Waals surface area contributed by atoms with Crippen LogP contribution in [0.2, 0.25) is 0 Å². The van der Waals surface area contributed by atoms with Gasteiger partial charge in [-0.05, 0) is 55.5 Å². The van der Waals surface area contributed by atoms with Crippen molar-refractivity contribution in [3.8, 4) is 0 Å². The number of nitrogens with one attached hydrogen (secondary N) is 1. The number of anilines is 1. The van der Waals surface area contributed by atoms with Crippen molar-refractivity contribution < 1.29 is 9.21 Å². The number of aryl methyl sites for hydroxylation is 1. The standard InChI is InChI=1S/C17H16N4O2/c1-10-8-12-9-14(6-7-15(12)23-10)20-17(19)21-16(22)11-2-4-13(18)5-3-11/h2-9H,18H2,1H3,(H3,19,20,21,22). The van der Waals surface area contributed by atoms with E-state index in [9.17, 15) is 4.79 Å². The highest BCUT2D eigenvalue weighted by molar-refractivity contribution is 6.06. The highest BCUT2D eigenvalue weighted by Crippen LogP contribution is 2.24. The fraction of sp³-hybridized carbons (Fsp3) is 0.0588. The Balaban J connectivity index is 1.77. The summed E-state index contributed by atoms with van der Waals surface area (Å²) in [7, 11) is 0. The van der Waals surface area contributed by atoms with E-state index in [2.05, 4.69) is 10.3 Å². The van der Waals surface area contributed by atoms with Crippen LogP contribution in [0.15, 0.2) is 57.9 Å². The topological polar surface area (TPSA) is 107 Å². The maximum absolute atomic E-state index is 12.0. The van der Waals surface area contributed by atoms with Crippen molar-refractivity contribution in [2.45, 2.75) is 6.92 Å². The molecule has 0 aliphatic carbocycles. The minimum atomic E-state index is -0.341. The lowest BCUT2D eigenvalue weighted by Crippen LogP contribution is -2.36. The second kappa shape index (κ2) is 5.84. The molecule has 0 bridgehead atoms. The molecule has 23 heavy (non-hydrogen) atoms. The van der Waals surface area contributed by atoms with Crippen LogP contribution < -0.4 is 16.8 Å². The smallest absolute Gasteiger partial charge is 0.257 e. The monoisotopic (exact) mass is 308 g/mol. The van der Waals surface area contributed by atoms with Gasteiger partial charge in [-0.25, -0.2) is 4.99 Å². The van der Waals surface area contributed by atoms with Gasteiger partial charge in [0.05, 0.1) is 5.69 Å². The third-order valence-electron chi connectivity index (χ3n) is 3.29. The van der Waals surface area contributed by atoms with Gasteiger partial charge in [-0.3, -0.25) is 10.1 Å². The average molecular weight is 308 g/mol. The molecule has 2 aromatic carbocycles. The number of rotatable bonds is 2. The van der Waals surface area contributed by atoms with Crippen molar-refractivity contribution in [2.75, 3.05) is 5.73 Å². The minimum absolute atomic E-state index is 0.0198. The third-order valence-corrected chi connectivity index (χ3v) is 3.29. The zero-order valence-electron chi connectivity index (χ0n) is 12.5. The van der Waals surface area contributed by atoms with Crippen LogP contribution in [0.25, 0.3) is 11.0 Å². The number of nitrogens with two attached hydrogens (primary N) is 2. The summed E-state index contributed by atoms with van der Waals surface area (Å²) in [4.78, 5) is 16.2. The van der Waals surface area contributed by atoms with E-state index in [1.54, 1.807) is 30.3 Å². The van der Waals surface area contributed by atoms with Crippen LogP contribution in [-0.2, 0) is 0 Å². The Hall–Kier alpha value is -3.28. The summed E-state index contributed by atoms with van der Waals surface area (Å²) in [6.07, 6.45) is 0. The van der Waals surface area contributed by atoms with Crippen LogP contribution in [0.4, 0.5) is 11.4 Å². The zero-order valence-corrected chi connectivity index (χ0v) is 12.5. The molecule has 0 aliphatic heterocycles. The van der Waals surface area contributed by atoms with Gasteiger partial charge in [-0.15, -0.1) is 0 Å². The lowest BCUT2D eigenvalue weighted by atomic mass is 10.2. The second-order valence-corrected chi connectivity index (χ2v) is 5.15. The Bertz CT molecular complexity index is 895. The molecule has 0 radical (unpaired) electrons. The van der Waals surface area contributed by atoms with Crippen LogP contribution >= 0.6 is 0 Å². The summed E-state index contributed by atoms with van der Waals surface area (Å²) in [6, 6.07) is 13.9. The first-order valence-electron chi connectivity index (χ1n) is 7.02. The predicted molar refractivity (Wildman–Crippen MR) is 90.6 cm³/mol. The van der Waals surface area contributed by atoms with Gasteiger partial charge in [0.25, 0.3) is 5.91 Å². The van der Waals surface area contributed by atoms with Crippen LogP contribution in [0.1, 0.15) is 16.1 Å². The van der Waals surface area contributed by atoms with Gasteiger partial charge in [0.15, 0.2) is 0 Å². The maximum Gasteiger partial charge on any atom is 0.257 e. The molecule has 6 nitrogen and oxygen atoms in total. The molecule has 0 saturated carbocycles. The molecule has 0 spiro atoms. The van der Waals surface area contributed by atoms with Gasteiger partial charge in [0, 0.05) is 16.6 Å². The first-order valence-corrected chi connectivity index (χ1v) is 7.02. The largest absolute Gasteiger partial charge is 0.461 e. The number of carbonyl (C=O) groups is 1. The summed E-state index contributed by atoms with van der Waals surface area (Å²) in [6.45, 7) is 1.88. The Morgan fingerprint density at radius 2 is 1.87 bits per heavy atom. The fourth-order valence-corrected chi connectivity index (χ4v) is 2.22. The number of benzene rings is 2. The maximum atomic E-state index is 12.0. The number of nitrogen functional groups attached to an aromatic ring is 1. The van der Waals surface area contributed by atoms with Gasteiger partial charge in [0.1, 0.15) is 11.3 Å². The number of fused-ring (bicyclic) bond motifs is 1. The molecule has 1 amide bonds. The SMILES string of the molecule is Cc1cc2cc(N=C(N)NC(=O)c3ccc(N)cc3)ccc2o1. The number of guanidine groups is 1. The van der Waals surface area contributed by atoms with E-state index in [4.69, 9.17) is 15.9 Å². The van der Waals surface area contributed by atoms with Gasteiger partial charge in [0.2, 0.25) is 5.96 Å². The van der Waals surface area contributed by atoms with E-state index >= 15 is 0 Å². The van der Waals surface area contributed by atoms with E-state index in [0.29, 0.717) is 16.9 Å². The number of amides is 1. The van der Waals surface area contributed by atoms with Crippen molar-refractivity contribution in [1.29, 1.82) is 0 Å². The number of aliphatic imine (C=N–C) groups is 1.